The zero-order chi connectivity index (χ0) is 14.0. The molecule has 5 heteroatoms. The van der Waals surface area contributed by atoms with E-state index in [2.05, 4.69) is 0 Å². The van der Waals surface area contributed by atoms with Gasteiger partial charge in [0, 0.05) is 17.5 Å². The number of aromatic hydroxyl groups is 1. The Morgan fingerprint density at radius 2 is 1.95 bits per heavy atom. The summed E-state index contributed by atoms with van der Waals surface area (Å²) in [4.78, 5) is 23.6. The first kappa shape index (κ1) is 13.4. The molecule has 1 aromatic heterocycles. The first-order valence-corrected chi connectivity index (χ1v) is 5.96. The van der Waals surface area contributed by atoms with E-state index < -0.39 is 11.4 Å². The summed E-state index contributed by atoms with van der Waals surface area (Å²) in [5.41, 5.74) is -0.439. The van der Waals surface area contributed by atoms with Gasteiger partial charge < -0.3 is 9.52 Å². The highest BCUT2D eigenvalue weighted by atomic mass is 35.5. The SMILES string of the molecule is Cc1cc(O)c(C(=O)Cc2ccc(Cl)cc2)c(=O)o1. The number of hydrogen-bond donors (Lipinski definition) is 1. The summed E-state index contributed by atoms with van der Waals surface area (Å²) in [6.07, 6.45) is -0.00144. The van der Waals surface area contributed by atoms with Gasteiger partial charge in [0.15, 0.2) is 5.78 Å². The van der Waals surface area contributed by atoms with Crippen molar-refractivity contribution in [1.29, 1.82) is 0 Å². The Kier molecular flexibility index (Phi) is 3.71. The van der Waals surface area contributed by atoms with Gasteiger partial charge in [0.1, 0.15) is 17.1 Å². The Morgan fingerprint density at radius 1 is 1.32 bits per heavy atom. The number of aryl methyl sites for hydroxylation is 1. The van der Waals surface area contributed by atoms with Crippen LogP contribution in [0.5, 0.6) is 5.75 Å². The number of hydrogen-bond acceptors (Lipinski definition) is 4. The normalized spacial score (nSPS) is 10.4. The number of carbonyl (C=O) groups is 1. The number of Topliss-reactive ketones (excluding diaryl/α,β-unsaturated/α-hetero) is 1. The average Bonchev–Trinajstić information content (AvgIpc) is 2.30. The number of carbonyl (C=O) groups excluding carboxylic acids is 1. The van der Waals surface area contributed by atoms with Crippen LogP contribution in [0, 0.1) is 6.92 Å². The minimum absolute atomic E-state index is 0.00144. The summed E-state index contributed by atoms with van der Waals surface area (Å²) >= 11 is 5.74. The predicted octanol–water partition coefficient (Wildman–Crippen LogP) is 2.73. The predicted molar refractivity (Wildman–Crippen MR) is 70.9 cm³/mol. The van der Waals surface area contributed by atoms with Crippen LogP contribution in [-0.2, 0) is 6.42 Å². The Balaban J connectivity index is 2.30. The molecule has 2 aromatic rings. The second kappa shape index (κ2) is 5.28. The fraction of sp³-hybridized carbons (Fsp3) is 0.143. The van der Waals surface area contributed by atoms with E-state index in [1.165, 1.54) is 13.0 Å². The van der Waals surface area contributed by atoms with E-state index in [1.54, 1.807) is 24.3 Å². The Morgan fingerprint density at radius 3 is 2.53 bits per heavy atom. The lowest BCUT2D eigenvalue weighted by Crippen LogP contribution is -2.16. The van der Waals surface area contributed by atoms with Crippen molar-refractivity contribution in [3.63, 3.8) is 0 Å². The van der Waals surface area contributed by atoms with E-state index in [1.807, 2.05) is 0 Å². The molecule has 0 fully saturated rings. The van der Waals surface area contributed by atoms with Gasteiger partial charge in [-0.15, -0.1) is 0 Å². The summed E-state index contributed by atoms with van der Waals surface area (Å²) in [6.45, 7) is 1.52. The van der Waals surface area contributed by atoms with Gasteiger partial charge in [-0.1, -0.05) is 23.7 Å². The summed E-state index contributed by atoms with van der Waals surface area (Å²) in [6, 6.07) is 7.93. The summed E-state index contributed by atoms with van der Waals surface area (Å²) in [5, 5.41) is 10.2. The summed E-state index contributed by atoms with van der Waals surface area (Å²) < 4.78 is 4.81. The maximum Gasteiger partial charge on any atom is 0.350 e. The molecule has 0 amide bonds. The fourth-order valence-corrected chi connectivity index (χ4v) is 1.85. The molecule has 2 rings (SSSR count). The molecule has 0 radical (unpaired) electrons. The Hall–Kier alpha value is -2.07. The lowest BCUT2D eigenvalue weighted by Gasteiger charge is -2.03. The van der Waals surface area contributed by atoms with E-state index >= 15 is 0 Å². The highest BCUT2D eigenvalue weighted by Gasteiger charge is 2.18. The van der Waals surface area contributed by atoms with Crippen LogP contribution in [0.3, 0.4) is 0 Å². The zero-order valence-electron chi connectivity index (χ0n) is 10.1. The largest absolute Gasteiger partial charge is 0.507 e. The van der Waals surface area contributed by atoms with Crippen molar-refractivity contribution >= 4 is 17.4 Å². The first-order valence-electron chi connectivity index (χ1n) is 5.58. The van der Waals surface area contributed by atoms with Crippen molar-refractivity contribution in [2.45, 2.75) is 13.3 Å². The summed E-state index contributed by atoms with van der Waals surface area (Å²) in [5.74, 6) is -0.591. The van der Waals surface area contributed by atoms with Crippen molar-refractivity contribution < 1.29 is 14.3 Å². The minimum atomic E-state index is -0.823. The third-order valence-electron chi connectivity index (χ3n) is 2.61. The van der Waals surface area contributed by atoms with Crippen LogP contribution in [0.4, 0.5) is 0 Å². The van der Waals surface area contributed by atoms with Crippen molar-refractivity contribution in [2.24, 2.45) is 0 Å². The van der Waals surface area contributed by atoms with Crippen LogP contribution in [0.15, 0.2) is 39.5 Å². The smallest absolute Gasteiger partial charge is 0.350 e. The van der Waals surface area contributed by atoms with Crippen molar-refractivity contribution in [1.82, 2.24) is 0 Å². The van der Waals surface area contributed by atoms with E-state index in [9.17, 15) is 14.7 Å². The Bertz CT molecular complexity index is 671. The maximum atomic E-state index is 12.0. The zero-order valence-corrected chi connectivity index (χ0v) is 10.9. The van der Waals surface area contributed by atoms with E-state index in [0.717, 1.165) is 0 Å². The van der Waals surface area contributed by atoms with E-state index in [0.29, 0.717) is 10.6 Å². The number of benzene rings is 1. The van der Waals surface area contributed by atoms with Crippen LogP contribution in [0.25, 0.3) is 0 Å². The lowest BCUT2D eigenvalue weighted by atomic mass is 10.0. The molecule has 0 spiro atoms. The molecule has 1 aromatic carbocycles. The average molecular weight is 279 g/mol. The minimum Gasteiger partial charge on any atom is -0.507 e. The fourth-order valence-electron chi connectivity index (χ4n) is 1.73. The molecule has 0 bridgehead atoms. The van der Waals surface area contributed by atoms with Crippen LogP contribution in [-0.4, -0.2) is 10.9 Å². The van der Waals surface area contributed by atoms with Crippen LogP contribution < -0.4 is 5.63 Å². The molecular formula is C14H11ClO4. The van der Waals surface area contributed by atoms with Crippen LogP contribution in [0.2, 0.25) is 5.02 Å². The quantitative estimate of drug-likeness (QED) is 0.877. The molecule has 98 valence electrons. The monoisotopic (exact) mass is 278 g/mol. The Labute approximate surface area is 114 Å². The van der Waals surface area contributed by atoms with Gasteiger partial charge in [0.25, 0.3) is 0 Å². The first-order chi connectivity index (χ1) is 8.97. The number of ketones is 1. The third kappa shape index (κ3) is 3.03. The van der Waals surface area contributed by atoms with Gasteiger partial charge in [-0.2, -0.15) is 0 Å². The number of rotatable bonds is 3. The molecule has 0 unspecified atom stereocenters. The van der Waals surface area contributed by atoms with Crippen molar-refractivity contribution in [3.8, 4) is 5.75 Å². The third-order valence-corrected chi connectivity index (χ3v) is 2.86. The van der Waals surface area contributed by atoms with Gasteiger partial charge in [-0.25, -0.2) is 4.79 Å². The van der Waals surface area contributed by atoms with Gasteiger partial charge >= 0.3 is 5.63 Å². The van der Waals surface area contributed by atoms with Gasteiger partial charge in [0.2, 0.25) is 0 Å². The van der Waals surface area contributed by atoms with E-state index in [-0.39, 0.29) is 23.5 Å². The standard InChI is InChI=1S/C14H11ClO4/c1-8-6-11(16)13(14(18)19-8)12(17)7-9-2-4-10(15)5-3-9/h2-6,16H,7H2,1H3. The molecule has 4 nitrogen and oxygen atoms in total. The summed E-state index contributed by atoms with van der Waals surface area (Å²) in [7, 11) is 0. The molecule has 0 saturated heterocycles. The van der Waals surface area contributed by atoms with Crippen molar-refractivity contribution in [2.75, 3.05) is 0 Å². The molecule has 0 aliphatic carbocycles. The highest BCUT2D eigenvalue weighted by Crippen LogP contribution is 2.17. The molecular weight excluding hydrogens is 268 g/mol. The van der Waals surface area contributed by atoms with Gasteiger partial charge in [0.05, 0.1) is 0 Å². The maximum absolute atomic E-state index is 12.0. The molecule has 19 heavy (non-hydrogen) atoms. The molecule has 1 heterocycles. The van der Waals surface area contributed by atoms with Crippen LogP contribution in [0.1, 0.15) is 21.7 Å². The molecule has 0 atom stereocenters. The van der Waals surface area contributed by atoms with E-state index in [4.69, 9.17) is 16.0 Å². The molecule has 0 aliphatic heterocycles. The topological polar surface area (TPSA) is 67.5 Å². The van der Waals surface area contributed by atoms with Crippen molar-refractivity contribution in [3.05, 3.63) is 62.7 Å². The lowest BCUT2D eigenvalue weighted by molar-refractivity contribution is 0.0986. The second-order valence-corrected chi connectivity index (χ2v) is 4.57. The van der Waals surface area contributed by atoms with Gasteiger partial charge in [-0.3, -0.25) is 4.79 Å². The van der Waals surface area contributed by atoms with Crippen LogP contribution >= 0.6 is 11.6 Å². The highest BCUT2D eigenvalue weighted by molar-refractivity contribution is 6.30. The molecule has 1 N–H and O–H groups in total. The molecule has 0 saturated carbocycles. The second-order valence-electron chi connectivity index (χ2n) is 4.13. The van der Waals surface area contributed by atoms with Gasteiger partial charge in [-0.05, 0) is 24.6 Å². The molecule has 0 aliphatic rings. The number of halogens is 1.